The van der Waals surface area contributed by atoms with Gasteiger partial charge in [0, 0.05) is 17.7 Å². The molecule has 2 N–H and O–H groups in total. The number of carbonyl (C=O) groups excluding carboxylic acids is 1. The minimum absolute atomic E-state index is 0.246. The molecule has 0 radical (unpaired) electrons. The fourth-order valence-electron chi connectivity index (χ4n) is 2.55. The zero-order valence-electron chi connectivity index (χ0n) is 11.2. The number of likely N-dealkylation sites (tertiary alicyclic amines) is 1. The SMILES string of the molecule is O=C(O)[C@@H]1CCCN1C(=O)c1ccc(-c2ncn[nH]2)cc1. The molecular formula is C14H14N4O3. The predicted molar refractivity (Wildman–Crippen MR) is 73.5 cm³/mol. The Balaban J connectivity index is 1.80. The monoisotopic (exact) mass is 286 g/mol. The van der Waals surface area contributed by atoms with E-state index in [1.807, 2.05) is 0 Å². The molecule has 0 bridgehead atoms. The molecule has 1 fully saturated rings. The number of carboxylic acids is 1. The predicted octanol–water partition coefficient (Wildman–Crippen LogP) is 1.16. The van der Waals surface area contributed by atoms with Crippen molar-refractivity contribution in [1.29, 1.82) is 0 Å². The van der Waals surface area contributed by atoms with Crippen molar-refractivity contribution >= 4 is 11.9 Å². The number of nitrogens with one attached hydrogen (secondary N) is 1. The molecular weight excluding hydrogens is 272 g/mol. The van der Waals surface area contributed by atoms with Crippen LogP contribution in [0.3, 0.4) is 0 Å². The van der Waals surface area contributed by atoms with Gasteiger partial charge in [-0.3, -0.25) is 9.89 Å². The zero-order valence-corrected chi connectivity index (χ0v) is 11.2. The number of benzene rings is 1. The molecule has 3 rings (SSSR count). The molecule has 2 heterocycles. The number of aliphatic carboxylic acids is 1. The van der Waals surface area contributed by atoms with Gasteiger partial charge in [-0.15, -0.1) is 0 Å². The zero-order chi connectivity index (χ0) is 14.8. The van der Waals surface area contributed by atoms with Crippen LogP contribution in [0.4, 0.5) is 0 Å². The van der Waals surface area contributed by atoms with Crippen molar-refractivity contribution in [2.24, 2.45) is 0 Å². The van der Waals surface area contributed by atoms with Gasteiger partial charge >= 0.3 is 5.97 Å². The third kappa shape index (κ3) is 2.49. The number of nitrogens with zero attached hydrogens (tertiary/aromatic N) is 3. The minimum atomic E-state index is -0.945. The average Bonchev–Trinajstić information content (AvgIpc) is 3.18. The van der Waals surface area contributed by atoms with Crippen molar-refractivity contribution in [2.45, 2.75) is 18.9 Å². The first-order valence-corrected chi connectivity index (χ1v) is 6.66. The quantitative estimate of drug-likeness (QED) is 0.882. The van der Waals surface area contributed by atoms with Gasteiger partial charge in [0.05, 0.1) is 0 Å². The maximum atomic E-state index is 12.4. The molecule has 2 aromatic rings. The van der Waals surface area contributed by atoms with Gasteiger partial charge in [0.2, 0.25) is 0 Å². The molecule has 0 spiro atoms. The van der Waals surface area contributed by atoms with Crippen LogP contribution in [0, 0.1) is 0 Å². The summed E-state index contributed by atoms with van der Waals surface area (Å²) in [5.41, 5.74) is 1.30. The summed E-state index contributed by atoms with van der Waals surface area (Å²) in [5.74, 6) is -0.568. The van der Waals surface area contributed by atoms with E-state index < -0.39 is 12.0 Å². The molecule has 1 atom stereocenters. The highest BCUT2D eigenvalue weighted by Gasteiger charge is 2.34. The van der Waals surface area contributed by atoms with Gasteiger partial charge in [-0.1, -0.05) is 12.1 Å². The van der Waals surface area contributed by atoms with E-state index in [4.69, 9.17) is 5.11 Å². The number of aromatic amines is 1. The van der Waals surface area contributed by atoms with E-state index in [0.717, 1.165) is 12.0 Å². The fourth-order valence-corrected chi connectivity index (χ4v) is 2.55. The normalized spacial score (nSPS) is 17.9. The van der Waals surface area contributed by atoms with Crippen LogP contribution in [0.25, 0.3) is 11.4 Å². The Kier molecular flexibility index (Phi) is 3.39. The molecule has 0 aliphatic carbocycles. The van der Waals surface area contributed by atoms with Gasteiger partial charge < -0.3 is 10.0 Å². The molecule has 0 unspecified atom stereocenters. The van der Waals surface area contributed by atoms with Crippen molar-refractivity contribution in [1.82, 2.24) is 20.1 Å². The van der Waals surface area contributed by atoms with Gasteiger partial charge in [0.15, 0.2) is 5.82 Å². The number of H-pyrrole nitrogens is 1. The Labute approximate surface area is 120 Å². The second-order valence-corrected chi connectivity index (χ2v) is 4.91. The van der Waals surface area contributed by atoms with Gasteiger partial charge in [-0.25, -0.2) is 9.78 Å². The van der Waals surface area contributed by atoms with Crippen LogP contribution in [0.15, 0.2) is 30.6 Å². The summed E-state index contributed by atoms with van der Waals surface area (Å²) in [6, 6.07) is 6.17. The number of aromatic nitrogens is 3. The van der Waals surface area contributed by atoms with Crippen molar-refractivity contribution in [3.63, 3.8) is 0 Å². The standard InChI is InChI=1S/C14H14N4O3/c19-13(18-7-1-2-11(18)14(20)21)10-5-3-9(4-6-10)12-15-8-16-17-12/h3-6,8,11H,1-2,7H2,(H,20,21)(H,15,16,17)/t11-/m0/s1. The summed E-state index contributed by atoms with van der Waals surface area (Å²) in [4.78, 5) is 29.0. The van der Waals surface area contributed by atoms with E-state index in [9.17, 15) is 9.59 Å². The maximum absolute atomic E-state index is 12.4. The Bertz CT molecular complexity index is 651. The molecule has 1 aromatic heterocycles. The van der Waals surface area contributed by atoms with E-state index in [1.54, 1.807) is 24.3 Å². The first-order chi connectivity index (χ1) is 10.2. The summed E-state index contributed by atoms with van der Waals surface area (Å²) < 4.78 is 0. The molecule has 21 heavy (non-hydrogen) atoms. The lowest BCUT2D eigenvalue weighted by Gasteiger charge is -2.21. The molecule has 108 valence electrons. The number of carboxylic acid groups (broad SMARTS) is 1. The summed E-state index contributed by atoms with van der Waals surface area (Å²) in [6.07, 6.45) is 2.65. The van der Waals surface area contributed by atoms with Crippen LogP contribution in [-0.4, -0.2) is 49.7 Å². The number of amides is 1. The Hall–Kier alpha value is -2.70. The highest BCUT2D eigenvalue weighted by Crippen LogP contribution is 2.21. The number of carbonyl (C=O) groups is 2. The molecule has 1 saturated heterocycles. The molecule has 1 amide bonds. The molecule has 1 aromatic carbocycles. The number of hydrogen-bond donors (Lipinski definition) is 2. The van der Waals surface area contributed by atoms with Crippen molar-refractivity contribution < 1.29 is 14.7 Å². The van der Waals surface area contributed by atoms with E-state index in [2.05, 4.69) is 15.2 Å². The third-order valence-corrected chi connectivity index (χ3v) is 3.62. The van der Waals surface area contributed by atoms with E-state index in [-0.39, 0.29) is 5.91 Å². The Morgan fingerprint density at radius 1 is 1.29 bits per heavy atom. The lowest BCUT2D eigenvalue weighted by Crippen LogP contribution is -2.40. The molecule has 1 aliphatic rings. The number of rotatable bonds is 3. The summed E-state index contributed by atoms with van der Waals surface area (Å²) in [6.45, 7) is 0.486. The number of hydrogen-bond acceptors (Lipinski definition) is 4. The maximum Gasteiger partial charge on any atom is 0.326 e. The molecule has 1 aliphatic heterocycles. The van der Waals surface area contributed by atoms with Gasteiger partial charge in [-0.05, 0) is 25.0 Å². The van der Waals surface area contributed by atoms with Crippen LogP contribution in [0.1, 0.15) is 23.2 Å². The smallest absolute Gasteiger partial charge is 0.326 e. The van der Waals surface area contributed by atoms with Crippen molar-refractivity contribution in [3.8, 4) is 11.4 Å². The van der Waals surface area contributed by atoms with E-state index in [1.165, 1.54) is 11.2 Å². The van der Waals surface area contributed by atoms with Crippen molar-refractivity contribution in [2.75, 3.05) is 6.54 Å². The largest absolute Gasteiger partial charge is 0.480 e. The van der Waals surface area contributed by atoms with E-state index >= 15 is 0 Å². The Morgan fingerprint density at radius 2 is 2.05 bits per heavy atom. The molecule has 7 nitrogen and oxygen atoms in total. The fraction of sp³-hybridized carbons (Fsp3) is 0.286. The first-order valence-electron chi connectivity index (χ1n) is 6.66. The molecule has 0 saturated carbocycles. The molecule has 7 heteroatoms. The van der Waals surface area contributed by atoms with Gasteiger partial charge in [0.25, 0.3) is 5.91 Å². The minimum Gasteiger partial charge on any atom is -0.480 e. The van der Waals surface area contributed by atoms with Gasteiger partial charge in [-0.2, -0.15) is 5.10 Å². The Morgan fingerprint density at radius 3 is 2.67 bits per heavy atom. The topological polar surface area (TPSA) is 99.2 Å². The summed E-state index contributed by atoms with van der Waals surface area (Å²) in [7, 11) is 0. The van der Waals surface area contributed by atoms with Crippen LogP contribution < -0.4 is 0 Å². The highest BCUT2D eigenvalue weighted by atomic mass is 16.4. The lowest BCUT2D eigenvalue weighted by atomic mass is 10.1. The average molecular weight is 286 g/mol. The van der Waals surface area contributed by atoms with Crippen LogP contribution in [0.5, 0.6) is 0 Å². The first kappa shape index (κ1) is 13.3. The van der Waals surface area contributed by atoms with Crippen molar-refractivity contribution in [3.05, 3.63) is 36.2 Å². The van der Waals surface area contributed by atoms with Crippen LogP contribution in [-0.2, 0) is 4.79 Å². The van der Waals surface area contributed by atoms with Crippen LogP contribution in [0.2, 0.25) is 0 Å². The van der Waals surface area contributed by atoms with Crippen LogP contribution >= 0.6 is 0 Å². The highest BCUT2D eigenvalue weighted by molar-refractivity contribution is 5.97. The summed E-state index contributed by atoms with van der Waals surface area (Å²) >= 11 is 0. The second-order valence-electron chi connectivity index (χ2n) is 4.91. The van der Waals surface area contributed by atoms with Gasteiger partial charge in [0.1, 0.15) is 12.4 Å². The lowest BCUT2D eigenvalue weighted by molar-refractivity contribution is -0.141. The third-order valence-electron chi connectivity index (χ3n) is 3.62. The second kappa shape index (κ2) is 5.35. The van der Waals surface area contributed by atoms with E-state index in [0.29, 0.717) is 24.4 Å². The summed E-state index contributed by atoms with van der Waals surface area (Å²) in [5, 5.41) is 15.7.